The highest BCUT2D eigenvalue weighted by Crippen LogP contribution is 2.30. The molecular weight excluding hydrogens is 250 g/mol. The zero-order valence-electron chi connectivity index (χ0n) is 11.6. The molecule has 0 amide bonds. The van der Waals surface area contributed by atoms with Gasteiger partial charge in [0, 0.05) is 11.6 Å². The molecule has 0 radical (unpaired) electrons. The van der Waals surface area contributed by atoms with Crippen LogP contribution in [-0.2, 0) is 0 Å². The molecule has 104 valence electrons. The Morgan fingerprint density at radius 1 is 1.33 bits per heavy atom. The summed E-state index contributed by atoms with van der Waals surface area (Å²) in [4.78, 5) is 0. The van der Waals surface area contributed by atoms with Gasteiger partial charge in [-0.1, -0.05) is 13.3 Å². The Morgan fingerprint density at radius 3 is 2.44 bits per heavy atom. The zero-order valence-corrected chi connectivity index (χ0v) is 12.4. The lowest BCUT2D eigenvalue weighted by atomic mass is 10.0. The van der Waals surface area contributed by atoms with Gasteiger partial charge >= 0.3 is 0 Å². The van der Waals surface area contributed by atoms with Gasteiger partial charge in [0.05, 0.1) is 0 Å². The average Bonchev–Trinajstić information content (AvgIpc) is 2.19. The maximum absolute atomic E-state index is 9.79. The Morgan fingerprint density at radius 2 is 1.94 bits per heavy atom. The Bertz CT molecular complexity index is 375. The molecular formula is C14H24ClNO2. The summed E-state index contributed by atoms with van der Waals surface area (Å²) in [6, 6.07) is 5.11. The van der Waals surface area contributed by atoms with Crippen molar-refractivity contribution in [2.45, 2.75) is 52.2 Å². The predicted molar refractivity (Wildman–Crippen MR) is 77.6 cm³/mol. The van der Waals surface area contributed by atoms with Crippen molar-refractivity contribution in [1.82, 2.24) is 0 Å². The molecule has 1 aromatic carbocycles. The Balaban J connectivity index is 0.00000289. The molecule has 3 N–H and O–H groups in total. The first kappa shape index (κ1) is 17.1. The van der Waals surface area contributed by atoms with E-state index in [2.05, 4.69) is 6.92 Å². The lowest BCUT2D eigenvalue weighted by Crippen LogP contribution is -2.23. The molecule has 0 aliphatic rings. The van der Waals surface area contributed by atoms with Crippen molar-refractivity contribution in [2.24, 2.45) is 5.73 Å². The van der Waals surface area contributed by atoms with Gasteiger partial charge in [0.1, 0.15) is 17.1 Å². The molecule has 3 nitrogen and oxygen atoms in total. The van der Waals surface area contributed by atoms with Gasteiger partial charge in [0.25, 0.3) is 0 Å². The number of nitrogens with two attached hydrogens (primary N) is 1. The van der Waals surface area contributed by atoms with Crippen LogP contribution in [-0.4, -0.2) is 10.7 Å². The molecule has 1 aromatic rings. The van der Waals surface area contributed by atoms with Crippen LogP contribution in [0.5, 0.6) is 11.5 Å². The normalized spacial score (nSPS) is 12.7. The van der Waals surface area contributed by atoms with E-state index in [9.17, 15) is 5.11 Å². The molecule has 0 heterocycles. The fraction of sp³-hybridized carbons (Fsp3) is 0.571. The summed E-state index contributed by atoms with van der Waals surface area (Å²) in [5.41, 5.74) is 6.53. The van der Waals surface area contributed by atoms with Crippen molar-refractivity contribution < 1.29 is 9.84 Å². The number of ether oxygens (including phenoxy) is 1. The number of phenols is 1. The van der Waals surface area contributed by atoms with Gasteiger partial charge in [0.15, 0.2) is 0 Å². The van der Waals surface area contributed by atoms with E-state index in [1.54, 1.807) is 12.1 Å². The topological polar surface area (TPSA) is 55.5 Å². The van der Waals surface area contributed by atoms with E-state index in [-0.39, 0.29) is 29.8 Å². The third-order valence-corrected chi connectivity index (χ3v) is 2.42. The van der Waals surface area contributed by atoms with E-state index in [0.29, 0.717) is 0 Å². The van der Waals surface area contributed by atoms with Crippen LogP contribution >= 0.6 is 12.4 Å². The number of aromatic hydroxyl groups is 1. The lowest BCUT2D eigenvalue weighted by molar-refractivity contribution is 0.130. The van der Waals surface area contributed by atoms with E-state index in [1.165, 1.54) is 0 Å². The summed E-state index contributed by atoms with van der Waals surface area (Å²) in [7, 11) is 0. The summed E-state index contributed by atoms with van der Waals surface area (Å²) < 4.78 is 5.76. The molecule has 4 heteroatoms. The highest BCUT2D eigenvalue weighted by Gasteiger charge is 2.15. The zero-order chi connectivity index (χ0) is 13.1. The summed E-state index contributed by atoms with van der Waals surface area (Å²) in [6.07, 6.45) is 1.84. The van der Waals surface area contributed by atoms with Crippen molar-refractivity contribution in [2.75, 3.05) is 0 Å². The molecule has 0 saturated heterocycles. The number of hydrogen-bond donors (Lipinski definition) is 2. The number of phenolic OH excluding ortho intramolecular Hbond substituents is 1. The van der Waals surface area contributed by atoms with Crippen LogP contribution in [0.3, 0.4) is 0 Å². The number of halogens is 1. The lowest BCUT2D eigenvalue weighted by Gasteiger charge is -2.22. The van der Waals surface area contributed by atoms with Crippen LogP contribution in [0.4, 0.5) is 0 Å². The van der Waals surface area contributed by atoms with Crippen LogP contribution in [0.2, 0.25) is 0 Å². The van der Waals surface area contributed by atoms with Crippen molar-refractivity contribution in [1.29, 1.82) is 0 Å². The fourth-order valence-corrected chi connectivity index (χ4v) is 1.71. The van der Waals surface area contributed by atoms with Crippen molar-refractivity contribution in [3.05, 3.63) is 23.8 Å². The highest BCUT2D eigenvalue weighted by atomic mass is 35.5. The van der Waals surface area contributed by atoms with Gasteiger partial charge in [-0.15, -0.1) is 12.4 Å². The molecule has 0 aliphatic heterocycles. The molecule has 0 fully saturated rings. The smallest absolute Gasteiger partial charge is 0.120 e. The highest BCUT2D eigenvalue weighted by molar-refractivity contribution is 5.85. The van der Waals surface area contributed by atoms with E-state index in [0.717, 1.165) is 24.2 Å². The van der Waals surface area contributed by atoms with Crippen molar-refractivity contribution >= 4 is 12.4 Å². The molecule has 0 bridgehead atoms. The first-order valence-corrected chi connectivity index (χ1v) is 6.11. The molecule has 0 aliphatic carbocycles. The predicted octanol–water partition coefficient (Wildman–Crippen LogP) is 3.79. The first-order chi connectivity index (χ1) is 7.83. The van der Waals surface area contributed by atoms with E-state index in [4.69, 9.17) is 10.5 Å². The van der Waals surface area contributed by atoms with Crippen molar-refractivity contribution in [3.63, 3.8) is 0 Å². The third-order valence-electron chi connectivity index (χ3n) is 2.42. The monoisotopic (exact) mass is 273 g/mol. The molecule has 18 heavy (non-hydrogen) atoms. The Hall–Kier alpha value is -0.930. The minimum atomic E-state index is -0.247. The van der Waals surface area contributed by atoms with Crippen LogP contribution in [0, 0.1) is 0 Å². The minimum Gasteiger partial charge on any atom is -0.508 e. The standard InChI is InChI=1S/C14H23NO2.ClH/c1-5-6-12(15)11-9-10(7-8-13(11)16)17-14(2,3)4;/h7-9,12,16H,5-6,15H2,1-4H3;1H/t12-;/m1./s1. The van der Waals surface area contributed by atoms with Crippen molar-refractivity contribution in [3.8, 4) is 11.5 Å². The number of hydrogen-bond acceptors (Lipinski definition) is 3. The quantitative estimate of drug-likeness (QED) is 0.877. The minimum absolute atomic E-state index is 0. The molecule has 0 unspecified atom stereocenters. The summed E-state index contributed by atoms with van der Waals surface area (Å²) in [6.45, 7) is 8.05. The van der Waals surface area contributed by atoms with Crippen LogP contribution in [0.1, 0.15) is 52.1 Å². The first-order valence-electron chi connectivity index (χ1n) is 6.11. The maximum atomic E-state index is 9.79. The van der Waals surface area contributed by atoms with Gasteiger partial charge in [0.2, 0.25) is 0 Å². The fourth-order valence-electron chi connectivity index (χ4n) is 1.71. The third kappa shape index (κ3) is 5.15. The summed E-state index contributed by atoms with van der Waals surface area (Å²) in [5.74, 6) is 0.990. The Kier molecular flexibility index (Phi) is 6.50. The van der Waals surface area contributed by atoms with Crippen LogP contribution < -0.4 is 10.5 Å². The number of rotatable bonds is 4. The summed E-state index contributed by atoms with van der Waals surface area (Å²) in [5, 5.41) is 9.79. The Labute approximate surface area is 116 Å². The second-order valence-corrected chi connectivity index (χ2v) is 5.33. The van der Waals surface area contributed by atoms with Gasteiger partial charge in [-0.2, -0.15) is 0 Å². The number of benzene rings is 1. The average molecular weight is 274 g/mol. The van der Waals surface area contributed by atoms with E-state index >= 15 is 0 Å². The second kappa shape index (κ2) is 6.86. The van der Waals surface area contributed by atoms with Gasteiger partial charge in [-0.05, 0) is 45.4 Å². The summed E-state index contributed by atoms with van der Waals surface area (Å²) >= 11 is 0. The maximum Gasteiger partial charge on any atom is 0.120 e. The van der Waals surface area contributed by atoms with Gasteiger partial charge < -0.3 is 15.6 Å². The second-order valence-electron chi connectivity index (χ2n) is 5.33. The molecule has 0 saturated carbocycles. The molecule has 0 aromatic heterocycles. The van der Waals surface area contributed by atoms with E-state index in [1.807, 2.05) is 26.8 Å². The molecule has 0 spiro atoms. The van der Waals surface area contributed by atoms with Gasteiger partial charge in [-0.3, -0.25) is 0 Å². The van der Waals surface area contributed by atoms with Crippen LogP contribution in [0.25, 0.3) is 0 Å². The molecule has 1 atom stereocenters. The van der Waals surface area contributed by atoms with Gasteiger partial charge in [-0.25, -0.2) is 0 Å². The molecule has 1 rings (SSSR count). The largest absolute Gasteiger partial charge is 0.508 e. The van der Waals surface area contributed by atoms with Crippen LogP contribution in [0.15, 0.2) is 18.2 Å². The van der Waals surface area contributed by atoms with E-state index < -0.39 is 0 Å². The SMILES string of the molecule is CCC[C@@H](N)c1cc(OC(C)(C)C)ccc1O.Cl.